The first kappa shape index (κ1) is 11.3. The first-order valence-electron chi connectivity index (χ1n) is 5.15. The fraction of sp³-hybridized carbons (Fsp3) is 0.0769. The predicted octanol–water partition coefficient (Wildman–Crippen LogP) is 2.85. The maximum atomic E-state index is 13.1. The zero-order chi connectivity index (χ0) is 12.3. The van der Waals surface area contributed by atoms with E-state index in [-0.39, 0.29) is 11.7 Å². The number of nitrogens with zero attached hydrogens (tertiary/aromatic N) is 1. The Morgan fingerprint density at radius 2 is 2.12 bits per heavy atom. The molecule has 1 amide bonds. The Morgan fingerprint density at radius 1 is 1.29 bits per heavy atom. The van der Waals surface area contributed by atoms with Crippen molar-refractivity contribution >= 4 is 11.7 Å². The van der Waals surface area contributed by atoms with Crippen LogP contribution in [0.2, 0.25) is 0 Å². The van der Waals surface area contributed by atoms with Crippen LogP contribution in [0.15, 0.2) is 42.6 Å². The molecule has 0 aliphatic carbocycles. The number of amides is 1. The summed E-state index contributed by atoms with van der Waals surface area (Å²) in [7, 11) is 0. The molecule has 0 radical (unpaired) electrons. The van der Waals surface area contributed by atoms with Gasteiger partial charge in [0.15, 0.2) is 0 Å². The van der Waals surface area contributed by atoms with E-state index in [9.17, 15) is 9.18 Å². The van der Waals surface area contributed by atoms with Gasteiger partial charge in [-0.05, 0) is 29.8 Å². The van der Waals surface area contributed by atoms with Gasteiger partial charge in [0.25, 0.3) is 0 Å². The monoisotopic (exact) mass is 230 g/mol. The standard InChI is InChI=1S/C13H11FN2O/c1-9(17)16-13-12(6-3-7-15-13)10-4-2-5-11(14)8-10/h2-8H,1H3,(H,15,16,17). The van der Waals surface area contributed by atoms with Crippen molar-refractivity contribution in [3.05, 3.63) is 48.4 Å². The van der Waals surface area contributed by atoms with Crippen molar-refractivity contribution in [2.24, 2.45) is 0 Å². The average Bonchev–Trinajstić information content (AvgIpc) is 2.29. The van der Waals surface area contributed by atoms with E-state index in [1.165, 1.54) is 19.1 Å². The lowest BCUT2D eigenvalue weighted by Gasteiger charge is -2.08. The molecule has 86 valence electrons. The van der Waals surface area contributed by atoms with E-state index in [0.717, 1.165) is 0 Å². The van der Waals surface area contributed by atoms with Crippen molar-refractivity contribution in [3.63, 3.8) is 0 Å². The van der Waals surface area contributed by atoms with Crippen LogP contribution in [-0.2, 0) is 4.79 Å². The molecular formula is C13H11FN2O. The van der Waals surface area contributed by atoms with Crippen LogP contribution in [0.1, 0.15) is 6.92 Å². The summed E-state index contributed by atoms with van der Waals surface area (Å²) in [4.78, 5) is 15.1. The second-order valence-corrected chi connectivity index (χ2v) is 3.59. The summed E-state index contributed by atoms with van der Waals surface area (Å²) < 4.78 is 13.1. The van der Waals surface area contributed by atoms with Gasteiger partial charge in [-0.3, -0.25) is 4.79 Å². The molecule has 1 aromatic heterocycles. The van der Waals surface area contributed by atoms with Gasteiger partial charge in [0.1, 0.15) is 11.6 Å². The Kier molecular flexibility index (Phi) is 3.14. The lowest BCUT2D eigenvalue weighted by molar-refractivity contribution is -0.114. The summed E-state index contributed by atoms with van der Waals surface area (Å²) >= 11 is 0. The molecule has 1 N–H and O–H groups in total. The lowest BCUT2D eigenvalue weighted by atomic mass is 10.1. The highest BCUT2D eigenvalue weighted by Crippen LogP contribution is 2.26. The Morgan fingerprint density at radius 3 is 2.82 bits per heavy atom. The van der Waals surface area contributed by atoms with Gasteiger partial charge in [0.2, 0.25) is 5.91 Å². The van der Waals surface area contributed by atoms with Gasteiger partial charge >= 0.3 is 0 Å². The highest BCUT2D eigenvalue weighted by atomic mass is 19.1. The van der Waals surface area contributed by atoms with Gasteiger partial charge in [-0.1, -0.05) is 12.1 Å². The quantitative estimate of drug-likeness (QED) is 0.861. The van der Waals surface area contributed by atoms with Crippen molar-refractivity contribution in [2.75, 3.05) is 5.32 Å². The Hall–Kier alpha value is -2.23. The van der Waals surface area contributed by atoms with Gasteiger partial charge in [-0.15, -0.1) is 0 Å². The number of anilines is 1. The second-order valence-electron chi connectivity index (χ2n) is 3.59. The van der Waals surface area contributed by atoms with Gasteiger partial charge in [0, 0.05) is 18.7 Å². The molecule has 0 saturated carbocycles. The molecule has 4 heteroatoms. The topological polar surface area (TPSA) is 42.0 Å². The molecule has 0 fully saturated rings. The highest BCUT2D eigenvalue weighted by molar-refractivity contribution is 5.92. The molecule has 0 atom stereocenters. The summed E-state index contributed by atoms with van der Waals surface area (Å²) in [5, 5.41) is 2.62. The minimum Gasteiger partial charge on any atom is -0.310 e. The van der Waals surface area contributed by atoms with Gasteiger partial charge in [-0.25, -0.2) is 9.37 Å². The molecule has 3 nitrogen and oxygen atoms in total. The van der Waals surface area contributed by atoms with E-state index in [1.807, 2.05) is 0 Å². The van der Waals surface area contributed by atoms with Gasteiger partial charge in [0.05, 0.1) is 0 Å². The molecule has 0 spiro atoms. The number of carbonyl (C=O) groups excluding carboxylic acids is 1. The Labute approximate surface area is 98.3 Å². The number of carbonyl (C=O) groups is 1. The number of hydrogen-bond donors (Lipinski definition) is 1. The van der Waals surface area contributed by atoms with Crippen LogP contribution in [0.4, 0.5) is 10.2 Å². The smallest absolute Gasteiger partial charge is 0.222 e. The van der Waals surface area contributed by atoms with E-state index in [2.05, 4.69) is 10.3 Å². The summed E-state index contributed by atoms with van der Waals surface area (Å²) in [5.41, 5.74) is 1.38. The van der Waals surface area contributed by atoms with Crippen molar-refractivity contribution in [1.29, 1.82) is 0 Å². The fourth-order valence-corrected chi connectivity index (χ4v) is 1.56. The van der Waals surface area contributed by atoms with Crippen LogP contribution in [0, 0.1) is 5.82 Å². The van der Waals surface area contributed by atoms with Crippen molar-refractivity contribution < 1.29 is 9.18 Å². The van der Waals surface area contributed by atoms with Crippen molar-refractivity contribution in [1.82, 2.24) is 4.98 Å². The molecule has 2 aromatic rings. The normalized spacial score (nSPS) is 10.0. The van der Waals surface area contributed by atoms with Crippen molar-refractivity contribution in [3.8, 4) is 11.1 Å². The first-order chi connectivity index (χ1) is 8.16. The number of rotatable bonds is 2. The van der Waals surface area contributed by atoms with E-state index < -0.39 is 0 Å². The van der Waals surface area contributed by atoms with E-state index in [1.54, 1.807) is 30.5 Å². The number of pyridine rings is 1. The van der Waals surface area contributed by atoms with E-state index in [0.29, 0.717) is 16.9 Å². The van der Waals surface area contributed by atoms with Crippen LogP contribution in [0.3, 0.4) is 0 Å². The third kappa shape index (κ3) is 2.66. The number of aromatic nitrogens is 1. The zero-order valence-corrected chi connectivity index (χ0v) is 9.27. The maximum absolute atomic E-state index is 13.1. The average molecular weight is 230 g/mol. The molecule has 0 aliphatic heterocycles. The largest absolute Gasteiger partial charge is 0.310 e. The fourth-order valence-electron chi connectivity index (χ4n) is 1.56. The van der Waals surface area contributed by atoms with Gasteiger partial charge in [-0.2, -0.15) is 0 Å². The molecule has 1 aromatic carbocycles. The predicted molar refractivity (Wildman–Crippen MR) is 63.9 cm³/mol. The second kappa shape index (κ2) is 4.74. The van der Waals surface area contributed by atoms with Crippen LogP contribution >= 0.6 is 0 Å². The van der Waals surface area contributed by atoms with Crippen LogP contribution < -0.4 is 5.32 Å². The van der Waals surface area contributed by atoms with Gasteiger partial charge < -0.3 is 5.32 Å². The molecule has 17 heavy (non-hydrogen) atoms. The number of halogens is 1. The third-order valence-corrected chi connectivity index (χ3v) is 2.24. The van der Waals surface area contributed by atoms with Crippen molar-refractivity contribution in [2.45, 2.75) is 6.92 Å². The number of hydrogen-bond acceptors (Lipinski definition) is 2. The highest BCUT2D eigenvalue weighted by Gasteiger charge is 2.07. The molecular weight excluding hydrogens is 219 g/mol. The maximum Gasteiger partial charge on any atom is 0.222 e. The van der Waals surface area contributed by atoms with Crippen LogP contribution in [-0.4, -0.2) is 10.9 Å². The molecule has 1 heterocycles. The van der Waals surface area contributed by atoms with Crippen LogP contribution in [0.5, 0.6) is 0 Å². The zero-order valence-electron chi connectivity index (χ0n) is 9.27. The van der Waals surface area contributed by atoms with Crippen LogP contribution in [0.25, 0.3) is 11.1 Å². The SMILES string of the molecule is CC(=O)Nc1ncccc1-c1cccc(F)c1. The molecule has 0 bridgehead atoms. The Bertz CT molecular complexity index is 555. The lowest BCUT2D eigenvalue weighted by Crippen LogP contribution is -2.08. The summed E-state index contributed by atoms with van der Waals surface area (Å²) in [6, 6.07) is 9.69. The molecule has 0 unspecified atom stereocenters. The minimum absolute atomic E-state index is 0.207. The molecule has 2 rings (SSSR count). The number of nitrogens with one attached hydrogen (secondary N) is 1. The van der Waals surface area contributed by atoms with E-state index >= 15 is 0 Å². The summed E-state index contributed by atoms with van der Waals surface area (Å²) in [6.45, 7) is 1.41. The Balaban J connectivity index is 2.47. The first-order valence-corrected chi connectivity index (χ1v) is 5.15. The number of benzene rings is 1. The molecule has 0 saturated heterocycles. The minimum atomic E-state index is -0.319. The summed E-state index contributed by atoms with van der Waals surface area (Å²) in [5.74, 6) is -0.0907. The summed E-state index contributed by atoms with van der Waals surface area (Å²) in [6.07, 6.45) is 1.58. The third-order valence-electron chi connectivity index (χ3n) is 2.24. The molecule has 0 aliphatic rings. The van der Waals surface area contributed by atoms with E-state index in [4.69, 9.17) is 0 Å².